The van der Waals surface area contributed by atoms with Crippen molar-refractivity contribution < 1.29 is 27.2 Å². The Morgan fingerprint density at radius 1 is 1.22 bits per heavy atom. The van der Waals surface area contributed by atoms with Crippen LogP contribution in [0.25, 0.3) is 0 Å². The number of piperidine rings is 1. The molecule has 3 N–H and O–H groups in total. The Morgan fingerprint density at radius 2 is 1.83 bits per heavy atom. The Labute approximate surface area is 129 Å². The smallest absolute Gasteiger partial charge is 0.382 e. The minimum Gasteiger partial charge on any atom is -0.382 e. The SMILES string of the molecule is NC(=O)C(=O)N1CCC(Nc2ccc(F)cc2C(F)(F)F)CC1. The Morgan fingerprint density at radius 3 is 2.35 bits per heavy atom. The van der Waals surface area contributed by atoms with Crippen LogP contribution >= 0.6 is 0 Å². The molecule has 9 heteroatoms. The number of hydrogen-bond donors (Lipinski definition) is 2. The van der Waals surface area contributed by atoms with E-state index >= 15 is 0 Å². The first kappa shape index (κ1) is 17.0. The van der Waals surface area contributed by atoms with Gasteiger partial charge in [0.25, 0.3) is 0 Å². The second-order valence-electron chi connectivity index (χ2n) is 5.26. The molecular formula is C14H15F4N3O2. The first-order valence-electron chi connectivity index (χ1n) is 6.90. The summed E-state index contributed by atoms with van der Waals surface area (Å²) in [6.45, 7) is 0.421. The number of rotatable bonds is 2. The molecule has 1 aliphatic rings. The van der Waals surface area contributed by atoms with E-state index in [9.17, 15) is 27.2 Å². The highest BCUT2D eigenvalue weighted by molar-refractivity contribution is 6.34. The summed E-state index contributed by atoms with van der Waals surface area (Å²) in [5, 5.41) is 2.73. The number of likely N-dealkylation sites (tertiary alicyclic amines) is 1. The molecule has 0 aliphatic carbocycles. The average molecular weight is 333 g/mol. The zero-order valence-corrected chi connectivity index (χ0v) is 12.0. The molecule has 0 atom stereocenters. The van der Waals surface area contributed by atoms with Gasteiger partial charge in [-0.25, -0.2) is 4.39 Å². The van der Waals surface area contributed by atoms with Crippen molar-refractivity contribution in [2.45, 2.75) is 25.1 Å². The zero-order valence-electron chi connectivity index (χ0n) is 12.0. The van der Waals surface area contributed by atoms with Gasteiger partial charge in [-0.2, -0.15) is 13.2 Å². The molecule has 1 aromatic rings. The molecule has 2 rings (SSSR count). The molecule has 1 aromatic carbocycles. The standard InChI is InChI=1S/C14H15F4N3O2/c15-8-1-2-11(10(7-8)14(16,17)18)20-9-3-5-21(6-4-9)13(23)12(19)22/h1-2,7,9,20H,3-6H2,(H2,19,22). The number of carbonyl (C=O) groups excluding carboxylic acids is 2. The molecular weight excluding hydrogens is 318 g/mol. The lowest BCUT2D eigenvalue weighted by Crippen LogP contribution is -2.47. The molecule has 0 unspecified atom stereocenters. The number of amides is 2. The average Bonchev–Trinajstić information content (AvgIpc) is 2.48. The number of benzene rings is 1. The molecule has 0 aromatic heterocycles. The zero-order chi connectivity index (χ0) is 17.2. The van der Waals surface area contributed by atoms with Crippen molar-refractivity contribution in [3.8, 4) is 0 Å². The summed E-state index contributed by atoms with van der Waals surface area (Å²) in [5.41, 5.74) is 3.62. The van der Waals surface area contributed by atoms with Gasteiger partial charge < -0.3 is 16.0 Å². The molecule has 1 aliphatic heterocycles. The highest BCUT2D eigenvalue weighted by Crippen LogP contribution is 2.36. The Hall–Kier alpha value is -2.32. The predicted molar refractivity (Wildman–Crippen MR) is 73.8 cm³/mol. The normalized spacial score (nSPS) is 16.3. The van der Waals surface area contributed by atoms with Crippen molar-refractivity contribution in [3.63, 3.8) is 0 Å². The number of carbonyl (C=O) groups is 2. The Bertz CT molecular complexity index is 611. The van der Waals surface area contributed by atoms with Crippen LogP contribution < -0.4 is 11.1 Å². The third kappa shape index (κ3) is 4.11. The van der Waals surface area contributed by atoms with E-state index in [2.05, 4.69) is 5.32 Å². The molecule has 1 heterocycles. The van der Waals surface area contributed by atoms with Crippen LogP contribution in [0.2, 0.25) is 0 Å². The summed E-state index contributed by atoms with van der Waals surface area (Å²) in [4.78, 5) is 23.5. The molecule has 0 spiro atoms. The predicted octanol–water partition coefficient (Wildman–Crippen LogP) is 1.73. The summed E-state index contributed by atoms with van der Waals surface area (Å²) >= 11 is 0. The quantitative estimate of drug-likeness (QED) is 0.639. The van der Waals surface area contributed by atoms with Crippen LogP contribution in [0.5, 0.6) is 0 Å². The molecule has 1 saturated heterocycles. The van der Waals surface area contributed by atoms with Crippen molar-refractivity contribution in [1.82, 2.24) is 4.90 Å². The fraction of sp³-hybridized carbons (Fsp3) is 0.429. The van der Waals surface area contributed by atoms with Crippen LogP contribution in [0.15, 0.2) is 18.2 Å². The van der Waals surface area contributed by atoms with Crippen LogP contribution in [0.4, 0.5) is 23.2 Å². The lowest BCUT2D eigenvalue weighted by molar-refractivity contribution is -0.144. The van der Waals surface area contributed by atoms with Gasteiger partial charge in [-0.05, 0) is 31.0 Å². The molecule has 126 valence electrons. The van der Waals surface area contributed by atoms with Gasteiger partial charge in [0.05, 0.1) is 5.56 Å². The van der Waals surface area contributed by atoms with Crippen LogP contribution in [0.1, 0.15) is 18.4 Å². The highest BCUT2D eigenvalue weighted by atomic mass is 19.4. The molecule has 0 radical (unpaired) electrons. The number of nitrogens with two attached hydrogens (primary N) is 1. The molecule has 23 heavy (non-hydrogen) atoms. The molecule has 0 saturated carbocycles. The number of alkyl halides is 3. The third-order valence-corrected chi connectivity index (χ3v) is 3.64. The summed E-state index contributed by atoms with van der Waals surface area (Å²) < 4.78 is 51.8. The van der Waals surface area contributed by atoms with Gasteiger partial charge in [0, 0.05) is 24.8 Å². The maximum atomic E-state index is 13.1. The van der Waals surface area contributed by atoms with E-state index in [0.717, 1.165) is 12.1 Å². The number of nitrogens with zero attached hydrogens (tertiary/aromatic N) is 1. The van der Waals surface area contributed by atoms with Crippen molar-refractivity contribution in [2.24, 2.45) is 5.73 Å². The van der Waals surface area contributed by atoms with Gasteiger partial charge in [0.1, 0.15) is 5.82 Å². The highest BCUT2D eigenvalue weighted by Gasteiger charge is 2.35. The number of hydrogen-bond acceptors (Lipinski definition) is 3. The Kier molecular flexibility index (Phi) is 4.76. The van der Waals surface area contributed by atoms with Gasteiger partial charge in [-0.15, -0.1) is 0 Å². The Balaban J connectivity index is 2.05. The third-order valence-electron chi connectivity index (χ3n) is 3.64. The van der Waals surface area contributed by atoms with Gasteiger partial charge in [0.2, 0.25) is 0 Å². The lowest BCUT2D eigenvalue weighted by atomic mass is 10.0. The van der Waals surface area contributed by atoms with E-state index < -0.39 is 29.4 Å². The van der Waals surface area contributed by atoms with Gasteiger partial charge in [-0.3, -0.25) is 9.59 Å². The van der Waals surface area contributed by atoms with Gasteiger partial charge >= 0.3 is 18.0 Å². The van der Waals surface area contributed by atoms with Crippen LogP contribution in [0.3, 0.4) is 0 Å². The molecule has 1 fully saturated rings. The summed E-state index contributed by atoms with van der Waals surface area (Å²) in [6.07, 6.45) is -3.96. The first-order chi connectivity index (χ1) is 10.7. The number of primary amides is 1. The minimum atomic E-state index is -4.67. The second-order valence-corrected chi connectivity index (χ2v) is 5.26. The van der Waals surface area contributed by atoms with Crippen LogP contribution in [-0.2, 0) is 15.8 Å². The van der Waals surface area contributed by atoms with Crippen LogP contribution in [0, 0.1) is 5.82 Å². The largest absolute Gasteiger partial charge is 0.418 e. The number of halogens is 4. The maximum absolute atomic E-state index is 13.1. The van der Waals surface area contributed by atoms with E-state index in [1.54, 1.807) is 0 Å². The maximum Gasteiger partial charge on any atom is 0.418 e. The van der Waals surface area contributed by atoms with Crippen LogP contribution in [-0.4, -0.2) is 35.8 Å². The number of anilines is 1. The first-order valence-corrected chi connectivity index (χ1v) is 6.90. The van der Waals surface area contributed by atoms with E-state index in [1.807, 2.05) is 0 Å². The van der Waals surface area contributed by atoms with Gasteiger partial charge in [-0.1, -0.05) is 0 Å². The van der Waals surface area contributed by atoms with E-state index in [0.29, 0.717) is 18.9 Å². The van der Waals surface area contributed by atoms with Gasteiger partial charge in [0.15, 0.2) is 0 Å². The number of nitrogens with one attached hydrogen (secondary N) is 1. The summed E-state index contributed by atoms with van der Waals surface area (Å²) in [5.74, 6) is -2.83. The fourth-order valence-electron chi connectivity index (χ4n) is 2.48. The molecule has 0 bridgehead atoms. The van der Waals surface area contributed by atoms with Crippen molar-refractivity contribution in [2.75, 3.05) is 18.4 Å². The summed E-state index contributed by atoms with van der Waals surface area (Å²) in [7, 11) is 0. The lowest BCUT2D eigenvalue weighted by Gasteiger charge is -2.32. The monoisotopic (exact) mass is 333 g/mol. The van der Waals surface area contributed by atoms with Crippen molar-refractivity contribution in [3.05, 3.63) is 29.6 Å². The topological polar surface area (TPSA) is 75.4 Å². The molecule has 2 amide bonds. The minimum absolute atomic E-state index is 0.210. The van der Waals surface area contributed by atoms with E-state index in [4.69, 9.17) is 5.73 Å². The summed E-state index contributed by atoms with van der Waals surface area (Å²) in [6, 6.07) is 2.11. The molecule has 5 nitrogen and oxygen atoms in total. The van der Waals surface area contributed by atoms with Crippen molar-refractivity contribution in [1.29, 1.82) is 0 Å². The van der Waals surface area contributed by atoms with E-state index in [1.165, 1.54) is 4.90 Å². The second kappa shape index (κ2) is 6.43. The fourth-order valence-corrected chi connectivity index (χ4v) is 2.48. The van der Waals surface area contributed by atoms with E-state index in [-0.39, 0.29) is 24.8 Å². The van der Waals surface area contributed by atoms with Crippen molar-refractivity contribution >= 4 is 17.5 Å².